The van der Waals surface area contributed by atoms with Crippen LogP contribution in [0.2, 0.25) is 5.02 Å². The first-order valence-electron chi connectivity index (χ1n) is 8.85. The van der Waals surface area contributed by atoms with Gasteiger partial charge in [0.25, 0.3) is 5.91 Å². The van der Waals surface area contributed by atoms with Crippen LogP contribution < -0.4 is 15.5 Å². The Balaban J connectivity index is 1.73. The number of amides is 3. The number of anilines is 2. The minimum Gasteiger partial charge on any atom is -0.349 e. The predicted molar refractivity (Wildman–Crippen MR) is 110 cm³/mol. The molecule has 0 saturated carbocycles. The highest BCUT2D eigenvalue weighted by atomic mass is 35.5. The number of halogens is 1. The molecule has 2 N–H and O–H groups in total. The molecule has 3 amide bonds. The summed E-state index contributed by atoms with van der Waals surface area (Å²) in [7, 11) is 0. The topological polar surface area (TPSA) is 78.5 Å². The summed E-state index contributed by atoms with van der Waals surface area (Å²) < 4.78 is 0. The van der Waals surface area contributed by atoms with Crippen molar-refractivity contribution in [2.45, 2.75) is 6.42 Å². The van der Waals surface area contributed by atoms with Gasteiger partial charge in [0.05, 0.1) is 27.9 Å². The quantitative estimate of drug-likeness (QED) is 0.734. The lowest BCUT2D eigenvalue weighted by Crippen LogP contribution is -2.29. The van der Waals surface area contributed by atoms with Crippen molar-refractivity contribution in [3.05, 3.63) is 71.8 Å². The van der Waals surface area contributed by atoms with Crippen LogP contribution in [0, 0.1) is 5.92 Å². The van der Waals surface area contributed by atoms with E-state index in [1.165, 1.54) is 4.90 Å². The standard InChI is InChI=1S/C21H20ClN3O3/c1-2-11-23-21(28)15-7-3-5-9-17(15)24-20(27)14-12-19(26)25(13-14)18-10-6-4-8-16(18)22/h2-10,14H,1,11-13H2,(H,23,28)(H,24,27)/t14-/m0/s1. The van der Waals surface area contributed by atoms with E-state index in [0.717, 1.165) is 0 Å². The maximum Gasteiger partial charge on any atom is 0.253 e. The summed E-state index contributed by atoms with van der Waals surface area (Å²) in [6.07, 6.45) is 1.66. The molecule has 2 aromatic carbocycles. The van der Waals surface area contributed by atoms with Crippen molar-refractivity contribution in [2.75, 3.05) is 23.3 Å². The third-order valence-corrected chi connectivity index (χ3v) is 4.80. The predicted octanol–water partition coefficient (Wildman–Crippen LogP) is 3.25. The van der Waals surface area contributed by atoms with Crippen LogP contribution in [0.4, 0.5) is 11.4 Å². The van der Waals surface area contributed by atoms with Crippen LogP contribution in [0.1, 0.15) is 16.8 Å². The Morgan fingerprint density at radius 2 is 1.89 bits per heavy atom. The smallest absolute Gasteiger partial charge is 0.253 e. The second-order valence-corrected chi connectivity index (χ2v) is 6.80. The maximum absolute atomic E-state index is 12.7. The highest BCUT2D eigenvalue weighted by Gasteiger charge is 2.36. The Hall–Kier alpha value is -3.12. The van der Waals surface area contributed by atoms with Crippen molar-refractivity contribution in [1.29, 1.82) is 0 Å². The molecule has 3 rings (SSSR count). The molecule has 1 atom stereocenters. The normalized spacial score (nSPS) is 16.0. The van der Waals surface area contributed by atoms with Gasteiger partial charge in [-0.1, -0.05) is 41.9 Å². The minimum absolute atomic E-state index is 0.0852. The Kier molecular flexibility index (Phi) is 6.11. The molecule has 2 aromatic rings. The largest absolute Gasteiger partial charge is 0.349 e. The number of carbonyl (C=O) groups excluding carboxylic acids is 3. The molecule has 0 bridgehead atoms. The van der Waals surface area contributed by atoms with Gasteiger partial charge in [-0.3, -0.25) is 14.4 Å². The number of para-hydroxylation sites is 2. The van der Waals surface area contributed by atoms with E-state index in [9.17, 15) is 14.4 Å². The average Bonchev–Trinajstić information content (AvgIpc) is 3.08. The van der Waals surface area contributed by atoms with Gasteiger partial charge in [0.15, 0.2) is 0 Å². The number of hydrogen-bond donors (Lipinski definition) is 2. The summed E-state index contributed by atoms with van der Waals surface area (Å²) in [6, 6.07) is 13.8. The monoisotopic (exact) mass is 397 g/mol. The first-order valence-corrected chi connectivity index (χ1v) is 9.23. The van der Waals surface area contributed by atoms with E-state index >= 15 is 0 Å². The number of nitrogens with one attached hydrogen (secondary N) is 2. The number of nitrogens with zero attached hydrogens (tertiary/aromatic N) is 1. The van der Waals surface area contributed by atoms with Crippen LogP contribution in [-0.4, -0.2) is 30.8 Å². The van der Waals surface area contributed by atoms with E-state index in [2.05, 4.69) is 17.2 Å². The van der Waals surface area contributed by atoms with Gasteiger partial charge >= 0.3 is 0 Å². The number of benzene rings is 2. The van der Waals surface area contributed by atoms with Crippen molar-refractivity contribution in [2.24, 2.45) is 5.92 Å². The van der Waals surface area contributed by atoms with E-state index in [1.54, 1.807) is 54.6 Å². The summed E-state index contributed by atoms with van der Waals surface area (Å²) in [4.78, 5) is 38.9. The molecule has 1 fully saturated rings. The zero-order chi connectivity index (χ0) is 20.1. The first kappa shape index (κ1) is 19.6. The Morgan fingerprint density at radius 3 is 2.64 bits per heavy atom. The number of carbonyl (C=O) groups is 3. The van der Waals surface area contributed by atoms with Crippen molar-refractivity contribution < 1.29 is 14.4 Å². The highest BCUT2D eigenvalue weighted by molar-refractivity contribution is 6.34. The molecule has 1 heterocycles. The summed E-state index contributed by atoms with van der Waals surface area (Å²) in [5.41, 5.74) is 1.34. The molecule has 1 saturated heterocycles. The molecule has 6 nitrogen and oxygen atoms in total. The fraction of sp³-hybridized carbons (Fsp3) is 0.190. The van der Waals surface area contributed by atoms with E-state index < -0.39 is 5.92 Å². The van der Waals surface area contributed by atoms with Crippen LogP contribution in [0.25, 0.3) is 0 Å². The minimum atomic E-state index is -0.534. The van der Waals surface area contributed by atoms with Gasteiger partial charge in [-0.05, 0) is 24.3 Å². The Labute approximate surface area is 168 Å². The number of hydrogen-bond acceptors (Lipinski definition) is 3. The fourth-order valence-corrected chi connectivity index (χ4v) is 3.31. The van der Waals surface area contributed by atoms with Gasteiger partial charge in [0.1, 0.15) is 0 Å². The van der Waals surface area contributed by atoms with Crippen molar-refractivity contribution in [3.63, 3.8) is 0 Å². The second kappa shape index (κ2) is 8.71. The van der Waals surface area contributed by atoms with E-state index in [4.69, 9.17) is 11.6 Å². The zero-order valence-corrected chi connectivity index (χ0v) is 15.9. The second-order valence-electron chi connectivity index (χ2n) is 6.39. The molecule has 7 heteroatoms. The summed E-state index contributed by atoms with van der Waals surface area (Å²) in [6.45, 7) is 4.12. The van der Waals surface area contributed by atoms with Gasteiger partial charge in [-0.25, -0.2) is 0 Å². The molecule has 0 radical (unpaired) electrons. The van der Waals surface area contributed by atoms with Crippen molar-refractivity contribution in [1.82, 2.24) is 5.32 Å². The van der Waals surface area contributed by atoms with Crippen LogP contribution in [-0.2, 0) is 9.59 Å². The molecule has 1 aliphatic heterocycles. The zero-order valence-electron chi connectivity index (χ0n) is 15.2. The van der Waals surface area contributed by atoms with Gasteiger partial charge in [0, 0.05) is 19.5 Å². The third kappa shape index (κ3) is 4.23. The lowest BCUT2D eigenvalue weighted by atomic mass is 10.1. The molecular formula is C21H20ClN3O3. The van der Waals surface area contributed by atoms with Crippen LogP contribution in [0.5, 0.6) is 0 Å². The maximum atomic E-state index is 12.7. The molecule has 0 aliphatic carbocycles. The van der Waals surface area contributed by atoms with Crippen molar-refractivity contribution in [3.8, 4) is 0 Å². The lowest BCUT2D eigenvalue weighted by molar-refractivity contribution is -0.122. The average molecular weight is 398 g/mol. The summed E-state index contributed by atoms with van der Waals surface area (Å²) in [5, 5.41) is 5.93. The van der Waals surface area contributed by atoms with Gasteiger partial charge in [-0.2, -0.15) is 0 Å². The SMILES string of the molecule is C=CCNC(=O)c1ccccc1NC(=O)[C@H]1CC(=O)N(c2ccccc2Cl)C1. The van der Waals surface area contributed by atoms with Crippen LogP contribution in [0.15, 0.2) is 61.2 Å². The van der Waals surface area contributed by atoms with Crippen molar-refractivity contribution >= 4 is 40.7 Å². The summed E-state index contributed by atoms with van der Waals surface area (Å²) in [5.74, 6) is -1.32. The molecule has 0 unspecified atom stereocenters. The van der Waals surface area contributed by atoms with Crippen LogP contribution in [0.3, 0.4) is 0 Å². The van der Waals surface area contributed by atoms with Gasteiger partial charge in [-0.15, -0.1) is 6.58 Å². The van der Waals surface area contributed by atoms with Crippen LogP contribution >= 0.6 is 11.6 Å². The van der Waals surface area contributed by atoms with Gasteiger partial charge < -0.3 is 15.5 Å². The number of rotatable bonds is 6. The first-order chi connectivity index (χ1) is 13.5. The Morgan fingerprint density at radius 1 is 1.18 bits per heavy atom. The third-order valence-electron chi connectivity index (χ3n) is 4.48. The van der Waals surface area contributed by atoms with E-state index in [1.807, 2.05) is 0 Å². The molecule has 0 aromatic heterocycles. The molecule has 144 valence electrons. The summed E-state index contributed by atoms with van der Waals surface area (Å²) >= 11 is 6.18. The van der Waals surface area contributed by atoms with Gasteiger partial charge in [0.2, 0.25) is 11.8 Å². The molecule has 1 aliphatic rings. The molecular weight excluding hydrogens is 378 g/mol. The molecule has 0 spiro atoms. The fourth-order valence-electron chi connectivity index (χ4n) is 3.07. The molecule has 28 heavy (non-hydrogen) atoms. The lowest BCUT2D eigenvalue weighted by Gasteiger charge is -2.18. The van der Waals surface area contributed by atoms with E-state index in [-0.39, 0.29) is 30.7 Å². The van der Waals surface area contributed by atoms with E-state index in [0.29, 0.717) is 28.5 Å². The highest BCUT2D eigenvalue weighted by Crippen LogP contribution is 2.31. The Bertz CT molecular complexity index is 929.